The van der Waals surface area contributed by atoms with E-state index in [0.29, 0.717) is 5.69 Å². The molecule has 0 unspecified atom stereocenters. The van der Waals surface area contributed by atoms with Crippen LogP contribution in [0.4, 0.5) is 17.1 Å². The van der Waals surface area contributed by atoms with E-state index in [9.17, 15) is 22.6 Å². The van der Waals surface area contributed by atoms with Crippen LogP contribution in [-0.4, -0.2) is 24.5 Å². The molecule has 30 heavy (non-hydrogen) atoms. The number of hydrogen-bond donors (Lipinski definition) is 2. The summed E-state index contributed by atoms with van der Waals surface area (Å²) in [6, 6.07) is 12.8. The molecule has 0 spiro atoms. The van der Waals surface area contributed by atoms with Crippen LogP contribution in [0.2, 0.25) is 0 Å². The number of hydrogen-bond acceptors (Lipinski definition) is 7. The van der Waals surface area contributed by atoms with Gasteiger partial charge in [-0.2, -0.15) is 0 Å². The third kappa shape index (κ3) is 3.16. The molecule has 1 aliphatic rings. The molecular weight excluding hydrogens is 404 g/mol. The van der Waals surface area contributed by atoms with Crippen molar-refractivity contribution in [2.45, 2.75) is 18.7 Å². The molecule has 4 rings (SSSR count). The predicted octanol–water partition coefficient (Wildman–Crippen LogP) is 3.31. The zero-order valence-corrected chi connectivity index (χ0v) is 17.0. The maximum absolute atomic E-state index is 13.2. The van der Waals surface area contributed by atoms with Crippen LogP contribution in [0.5, 0.6) is 0 Å². The summed E-state index contributed by atoms with van der Waals surface area (Å²) >= 11 is 0. The number of carbonyl (C=O) groups is 2. The smallest absolute Gasteiger partial charge is 0.196 e. The fourth-order valence-electron chi connectivity index (χ4n) is 3.80. The molecule has 7 nitrogen and oxygen atoms in total. The topological polar surface area (TPSA) is 129 Å². The minimum Gasteiger partial charge on any atom is -0.744 e. The first-order valence-corrected chi connectivity index (χ1v) is 10.4. The van der Waals surface area contributed by atoms with Gasteiger partial charge < -0.3 is 15.6 Å². The van der Waals surface area contributed by atoms with E-state index < -0.39 is 32.3 Å². The number of benzene rings is 3. The van der Waals surface area contributed by atoms with Crippen molar-refractivity contribution in [1.29, 1.82) is 0 Å². The molecular formula is C22H17N2O5S-. The van der Waals surface area contributed by atoms with Gasteiger partial charge in [0, 0.05) is 16.8 Å². The van der Waals surface area contributed by atoms with E-state index in [-0.39, 0.29) is 27.9 Å². The molecule has 3 N–H and O–H groups in total. The predicted molar refractivity (Wildman–Crippen MR) is 111 cm³/mol. The molecule has 3 aromatic carbocycles. The standard InChI is InChI=1S/C22H18N2O5S/c1-11-7-12(2)9-13(8-11)24-16-10-17(30(27,28)29)20(23)19-18(16)21(25)14-5-3-4-6-15(14)22(19)26/h3-10,24H,23H2,1-2H3,(H,27,28,29)/p-1. The maximum atomic E-state index is 13.2. The van der Waals surface area contributed by atoms with Crippen molar-refractivity contribution in [2.75, 3.05) is 11.1 Å². The first-order chi connectivity index (χ1) is 14.1. The van der Waals surface area contributed by atoms with Gasteiger partial charge in [-0.3, -0.25) is 9.59 Å². The van der Waals surface area contributed by atoms with Gasteiger partial charge in [0.15, 0.2) is 11.6 Å². The highest BCUT2D eigenvalue weighted by molar-refractivity contribution is 7.86. The van der Waals surface area contributed by atoms with Gasteiger partial charge in [0.1, 0.15) is 10.1 Å². The Hall–Kier alpha value is -3.49. The van der Waals surface area contributed by atoms with Crippen LogP contribution in [-0.2, 0) is 10.1 Å². The molecule has 3 aromatic rings. The highest BCUT2D eigenvalue weighted by Crippen LogP contribution is 2.40. The van der Waals surface area contributed by atoms with E-state index in [4.69, 9.17) is 5.73 Å². The van der Waals surface area contributed by atoms with Crippen LogP contribution in [0, 0.1) is 13.8 Å². The van der Waals surface area contributed by atoms with Gasteiger partial charge in [-0.05, 0) is 43.2 Å². The maximum Gasteiger partial charge on any atom is 0.196 e. The lowest BCUT2D eigenvalue weighted by Crippen LogP contribution is -2.25. The highest BCUT2D eigenvalue weighted by atomic mass is 32.2. The summed E-state index contributed by atoms with van der Waals surface area (Å²) in [5, 5.41) is 3.00. The monoisotopic (exact) mass is 421 g/mol. The van der Waals surface area contributed by atoms with Crippen LogP contribution in [0.3, 0.4) is 0 Å². The number of fused-ring (bicyclic) bond motifs is 2. The van der Waals surface area contributed by atoms with E-state index in [1.54, 1.807) is 24.3 Å². The minimum atomic E-state index is -4.99. The van der Waals surface area contributed by atoms with Crippen LogP contribution in [0.1, 0.15) is 43.0 Å². The van der Waals surface area contributed by atoms with Crippen molar-refractivity contribution < 1.29 is 22.6 Å². The summed E-state index contributed by atoms with van der Waals surface area (Å²) in [5.41, 5.74) is 7.87. The molecule has 0 atom stereocenters. The van der Waals surface area contributed by atoms with Crippen LogP contribution >= 0.6 is 0 Å². The lowest BCUT2D eigenvalue weighted by Gasteiger charge is -2.25. The fourth-order valence-corrected chi connectivity index (χ4v) is 4.44. The Balaban J connectivity index is 2.03. The second kappa shape index (κ2) is 6.79. The van der Waals surface area contributed by atoms with E-state index in [2.05, 4.69) is 5.32 Å². The summed E-state index contributed by atoms with van der Waals surface area (Å²) in [6.07, 6.45) is 0. The molecule has 0 aromatic heterocycles. The van der Waals surface area contributed by atoms with E-state index in [1.807, 2.05) is 19.9 Å². The number of nitrogen functional groups attached to an aromatic ring is 1. The van der Waals surface area contributed by atoms with Gasteiger partial charge in [0.05, 0.1) is 27.4 Å². The fraction of sp³-hybridized carbons (Fsp3) is 0.0909. The second-order valence-corrected chi connectivity index (χ2v) is 8.59. The number of rotatable bonds is 3. The summed E-state index contributed by atoms with van der Waals surface area (Å²) in [6.45, 7) is 3.77. The second-order valence-electron chi connectivity index (χ2n) is 7.25. The average Bonchev–Trinajstić information content (AvgIpc) is 2.65. The third-order valence-corrected chi connectivity index (χ3v) is 5.85. The Kier molecular flexibility index (Phi) is 4.48. The number of anilines is 3. The summed E-state index contributed by atoms with van der Waals surface area (Å²) in [4.78, 5) is 25.6. The number of aryl methyl sites for hydroxylation is 2. The van der Waals surface area contributed by atoms with Crippen molar-refractivity contribution in [2.24, 2.45) is 0 Å². The first kappa shape index (κ1) is 19.8. The van der Waals surface area contributed by atoms with Gasteiger partial charge >= 0.3 is 0 Å². The molecule has 152 valence electrons. The van der Waals surface area contributed by atoms with Gasteiger partial charge in [0.2, 0.25) is 0 Å². The van der Waals surface area contributed by atoms with Crippen molar-refractivity contribution in [3.63, 3.8) is 0 Å². The lowest BCUT2D eigenvalue weighted by atomic mass is 9.82. The largest absolute Gasteiger partial charge is 0.744 e. The number of nitrogens with one attached hydrogen (secondary N) is 1. The Morgan fingerprint density at radius 3 is 1.93 bits per heavy atom. The number of ketones is 2. The zero-order valence-electron chi connectivity index (χ0n) is 16.1. The molecule has 0 amide bonds. The Labute approximate surface area is 173 Å². The average molecular weight is 421 g/mol. The summed E-state index contributed by atoms with van der Waals surface area (Å²) < 4.78 is 35.5. The SMILES string of the molecule is Cc1cc(C)cc(Nc2cc(S(=O)(=O)[O-])c(N)c3c2C(=O)c2ccccc2C3=O)c1. The number of carbonyl (C=O) groups excluding carboxylic acids is 2. The first-order valence-electron chi connectivity index (χ1n) is 9.04. The van der Waals surface area contributed by atoms with Crippen molar-refractivity contribution in [3.8, 4) is 0 Å². The highest BCUT2D eigenvalue weighted by Gasteiger charge is 2.35. The van der Waals surface area contributed by atoms with Gasteiger partial charge in [-0.25, -0.2) is 8.42 Å². The molecule has 1 aliphatic carbocycles. The van der Waals surface area contributed by atoms with Gasteiger partial charge in [-0.15, -0.1) is 0 Å². The lowest BCUT2D eigenvalue weighted by molar-refractivity contribution is 0.0980. The summed E-state index contributed by atoms with van der Waals surface area (Å²) in [5.74, 6) is -1.08. The molecule has 0 radical (unpaired) electrons. The van der Waals surface area contributed by atoms with E-state index in [0.717, 1.165) is 17.2 Å². The molecule has 0 bridgehead atoms. The van der Waals surface area contributed by atoms with Crippen LogP contribution in [0.25, 0.3) is 0 Å². The molecule has 0 saturated carbocycles. The van der Waals surface area contributed by atoms with Gasteiger partial charge in [0.25, 0.3) is 0 Å². The van der Waals surface area contributed by atoms with Crippen LogP contribution < -0.4 is 11.1 Å². The Bertz CT molecular complexity index is 1340. The van der Waals surface area contributed by atoms with Crippen molar-refractivity contribution >= 4 is 38.7 Å². The molecule has 8 heteroatoms. The molecule has 0 aliphatic heterocycles. The quantitative estimate of drug-likeness (QED) is 0.383. The normalized spacial score (nSPS) is 13.0. The molecule has 0 heterocycles. The molecule has 0 saturated heterocycles. The minimum absolute atomic E-state index is 0.0338. The summed E-state index contributed by atoms with van der Waals surface area (Å²) in [7, 11) is -4.99. The number of nitrogens with two attached hydrogens (primary N) is 1. The Morgan fingerprint density at radius 2 is 1.40 bits per heavy atom. The third-order valence-electron chi connectivity index (χ3n) is 4.97. The van der Waals surface area contributed by atoms with Crippen LogP contribution in [0.15, 0.2) is 53.4 Å². The molecule has 0 fully saturated rings. The van der Waals surface area contributed by atoms with Crippen molar-refractivity contribution in [1.82, 2.24) is 0 Å². The van der Waals surface area contributed by atoms with Gasteiger partial charge in [-0.1, -0.05) is 30.3 Å². The zero-order chi connectivity index (χ0) is 21.8. The van der Waals surface area contributed by atoms with E-state index in [1.165, 1.54) is 12.1 Å². The Morgan fingerprint density at radius 1 is 0.867 bits per heavy atom. The van der Waals surface area contributed by atoms with Crippen molar-refractivity contribution in [3.05, 3.63) is 81.9 Å². The van der Waals surface area contributed by atoms with E-state index >= 15 is 0 Å².